The van der Waals surface area contributed by atoms with Crippen LogP contribution in [0.5, 0.6) is 0 Å². The lowest BCUT2D eigenvalue weighted by atomic mass is 10.4. The Bertz CT molecular complexity index is 545. The maximum Gasteiger partial charge on any atom is 0.439 e. The Morgan fingerprint density at radius 3 is 1.96 bits per heavy atom. The molecule has 1 aliphatic heterocycles. The van der Waals surface area contributed by atoms with Crippen molar-refractivity contribution in [1.29, 1.82) is 0 Å². The number of imide groups is 1. The van der Waals surface area contributed by atoms with Gasteiger partial charge in [-0.15, -0.1) is 5.01 Å². The van der Waals surface area contributed by atoms with E-state index in [1.807, 2.05) is 0 Å². The first kappa shape index (κ1) is 22.5. The van der Waals surface area contributed by atoms with Gasteiger partial charge in [0.15, 0.2) is 0 Å². The number of nitrogens with one attached hydrogen (secondary N) is 1. The van der Waals surface area contributed by atoms with Crippen molar-refractivity contribution in [3.8, 4) is 0 Å². The molecule has 0 unspecified atom stereocenters. The number of ether oxygens (including phenoxy) is 2. The van der Waals surface area contributed by atoms with Crippen LogP contribution < -0.4 is 5.43 Å². The number of amides is 4. The molecule has 15 heteroatoms. The molecular weight excluding hydrogens is 469 g/mol. The number of hydrazone groups is 1. The number of carbonyl (C=O) groups excluding carboxylic acids is 3. The summed E-state index contributed by atoms with van der Waals surface area (Å²) in [7, 11) is 0. The number of hydrogen-bond donors (Lipinski definition) is 1. The second kappa shape index (κ2) is 8.88. The third-order valence-corrected chi connectivity index (χ3v) is 2.92. The Kier molecular flexibility index (Phi) is 7.97. The van der Waals surface area contributed by atoms with Crippen LogP contribution >= 0.6 is 69.6 Å². The fraction of sp³-hybridized carbons (Fsp3) is 0.600. The van der Waals surface area contributed by atoms with Gasteiger partial charge < -0.3 is 9.47 Å². The van der Waals surface area contributed by atoms with Crippen molar-refractivity contribution in [3.63, 3.8) is 0 Å². The van der Waals surface area contributed by atoms with Gasteiger partial charge in [-0.2, -0.15) is 5.10 Å². The molecule has 1 aliphatic rings. The standard InChI is InChI=1S/C10H10Cl6N4O5/c1-5-2-19(6(21)18-17-5)20(7(22)24-3-9(11,12)13)8(23)25-4-10(14,15)16/h2-4H2,1H3,(H,18,21). The Hall–Kier alpha value is -0.580. The van der Waals surface area contributed by atoms with Gasteiger partial charge >= 0.3 is 18.2 Å². The normalized spacial score (nSPS) is 15.2. The highest BCUT2D eigenvalue weighted by molar-refractivity contribution is 6.68. The lowest BCUT2D eigenvalue weighted by molar-refractivity contribution is 0.00621. The number of urea groups is 1. The lowest BCUT2D eigenvalue weighted by Gasteiger charge is -2.33. The lowest BCUT2D eigenvalue weighted by Crippen LogP contribution is -2.59. The van der Waals surface area contributed by atoms with Gasteiger partial charge in [0.1, 0.15) is 13.2 Å². The molecule has 0 saturated heterocycles. The highest BCUT2D eigenvalue weighted by Crippen LogP contribution is 2.27. The van der Waals surface area contributed by atoms with E-state index >= 15 is 0 Å². The van der Waals surface area contributed by atoms with Crippen LogP contribution in [0.4, 0.5) is 14.4 Å². The van der Waals surface area contributed by atoms with E-state index in [4.69, 9.17) is 69.6 Å². The molecule has 9 nitrogen and oxygen atoms in total. The first-order valence-corrected chi connectivity index (χ1v) is 8.44. The molecule has 0 aromatic carbocycles. The number of nitrogens with zero attached hydrogens (tertiary/aromatic N) is 3. The minimum absolute atomic E-state index is 0.223. The van der Waals surface area contributed by atoms with Crippen LogP contribution in [0.3, 0.4) is 0 Å². The fourth-order valence-corrected chi connectivity index (χ4v) is 1.69. The SMILES string of the molecule is CC1=NNC(=O)N(N(C(=O)OCC(Cl)(Cl)Cl)C(=O)OCC(Cl)(Cl)Cl)C1. The quantitative estimate of drug-likeness (QED) is 0.624. The summed E-state index contributed by atoms with van der Waals surface area (Å²) >= 11 is 32.8. The molecule has 0 bridgehead atoms. The molecule has 142 valence electrons. The van der Waals surface area contributed by atoms with E-state index in [2.05, 4.69) is 20.0 Å². The van der Waals surface area contributed by atoms with E-state index in [-0.39, 0.29) is 11.6 Å². The molecule has 1 heterocycles. The molecule has 1 rings (SSSR count). The van der Waals surface area contributed by atoms with Crippen LogP contribution in [0, 0.1) is 0 Å². The summed E-state index contributed by atoms with van der Waals surface area (Å²) in [4.78, 5) is 36.2. The summed E-state index contributed by atoms with van der Waals surface area (Å²) in [6.07, 6.45) is -2.71. The summed E-state index contributed by atoms with van der Waals surface area (Å²) in [5.74, 6) is 0. The summed E-state index contributed by atoms with van der Waals surface area (Å²) in [5, 5.41) is 4.53. The van der Waals surface area contributed by atoms with Crippen molar-refractivity contribution in [1.82, 2.24) is 15.4 Å². The number of carbonyl (C=O) groups is 3. The minimum atomic E-state index is -1.94. The smallest absolute Gasteiger partial charge is 0.439 e. The number of rotatable bonds is 3. The fourth-order valence-electron chi connectivity index (χ4n) is 1.37. The molecular formula is C10H10Cl6N4O5. The molecule has 0 fully saturated rings. The zero-order valence-electron chi connectivity index (χ0n) is 12.3. The average Bonchev–Trinajstić information content (AvgIpc) is 2.45. The second-order valence-corrected chi connectivity index (χ2v) is 9.51. The van der Waals surface area contributed by atoms with Crippen molar-refractivity contribution in [2.24, 2.45) is 5.10 Å². The summed E-state index contributed by atoms with van der Waals surface area (Å²) in [5.41, 5.74) is 2.45. The molecule has 0 spiro atoms. The van der Waals surface area contributed by atoms with E-state index < -0.39 is 39.0 Å². The van der Waals surface area contributed by atoms with E-state index in [0.717, 1.165) is 0 Å². The van der Waals surface area contributed by atoms with Gasteiger partial charge in [0.25, 0.3) is 0 Å². The third kappa shape index (κ3) is 8.10. The van der Waals surface area contributed by atoms with Crippen LogP contribution in [0.25, 0.3) is 0 Å². The predicted octanol–water partition coefficient (Wildman–Crippen LogP) is 3.62. The molecule has 1 N–H and O–H groups in total. The van der Waals surface area contributed by atoms with Gasteiger partial charge in [-0.05, 0) is 6.92 Å². The Morgan fingerprint density at radius 1 is 1.12 bits per heavy atom. The largest absolute Gasteiger partial charge is 0.443 e. The monoisotopic (exact) mass is 476 g/mol. The van der Waals surface area contributed by atoms with Crippen molar-refractivity contribution in [3.05, 3.63) is 0 Å². The van der Waals surface area contributed by atoms with Crippen molar-refractivity contribution in [2.45, 2.75) is 14.5 Å². The Labute approximate surface area is 171 Å². The zero-order chi connectivity index (χ0) is 19.4. The molecule has 0 atom stereocenters. The van der Waals surface area contributed by atoms with Gasteiger partial charge in [-0.25, -0.2) is 24.8 Å². The van der Waals surface area contributed by atoms with Crippen LogP contribution in [0.15, 0.2) is 5.10 Å². The van der Waals surface area contributed by atoms with Crippen LogP contribution in [0.2, 0.25) is 0 Å². The van der Waals surface area contributed by atoms with Gasteiger partial charge in [-0.3, -0.25) is 0 Å². The molecule has 0 saturated carbocycles. The Balaban J connectivity index is 2.97. The van der Waals surface area contributed by atoms with Crippen LogP contribution in [0.1, 0.15) is 6.92 Å². The topological polar surface area (TPSA) is 101 Å². The van der Waals surface area contributed by atoms with Gasteiger partial charge in [0.05, 0.1) is 12.3 Å². The van der Waals surface area contributed by atoms with E-state index in [0.29, 0.717) is 10.7 Å². The molecule has 4 amide bonds. The first-order valence-electron chi connectivity index (χ1n) is 6.18. The average molecular weight is 479 g/mol. The number of hydrogen-bond acceptors (Lipinski definition) is 6. The van der Waals surface area contributed by atoms with Gasteiger partial charge in [0, 0.05) is 0 Å². The molecule has 0 radical (unpaired) electrons. The molecule has 0 aliphatic carbocycles. The maximum atomic E-state index is 12.2. The number of alkyl halides is 6. The predicted molar refractivity (Wildman–Crippen MR) is 93.5 cm³/mol. The van der Waals surface area contributed by atoms with Crippen molar-refractivity contribution in [2.75, 3.05) is 19.8 Å². The van der Waals surface area contributed by atoms with E-state index in [1.165, 1.54) is 6.92 Å². The highest BCUT2D eigenvalue weighted by atomic mass is 35.6. The second-order valence-electron chi connectivity index (χ2n) is 4.47. The number of halogens is 6. The third-order valence-electron chi connectivity index (χ3n) is 2.26. The van der Waals surface area contributed by atoms with E-state index in [1.54, 1.807) is 0 Å². The van der Waals surface area contributed by atoms with Crippen molar-refractivity contribution >= 4 is 93.5 Å². The molecule has 0 aromatic rings. The zero-order valence-corrected chi connectivity index (χ0v) is 16.8. The molecule has 25 heavy (non-hydrogen) atoms. The van der Waals surface area contributed by atoms with E-state index in [9.17, 15) is 14.4 Å². The molecule has 0 aromatic heterocycles. The Morgan fingerprint density at radius 2 is 1.56 bits per heavy atom. The summed E-state index contributed by atoms with van der Waals surface area (Å²) < 4.78 is 5.50. The van der Waals surface area contributed by atoms with Crippen LogP contribution in [-0.2, 0) is 9.47 Å². The van der Waals surface area contributed by atoms with Gasteiger partial charge in [0.2, 0.25) is 7.59 Å². The minimum Gasteiger partial charge on any atom is -0.443 e. The van der Waals surface area contributed by atoms with Crippen LogP contribution in [-0.4, -0.2) is 61.3 Å². The number of hydrazine groups is 1. The summed E-state index contributed by atoms with van der Waals surface area (Å²) in [6.45, 7) is -0.0952. The van der Waals surface area contributed by atoms with Crippen molar-refractivity contribution < 1.29 is 23.9 Å². The highest BCUT2D eigenvalue weighted by Gasteiger charge is 2.38. The maximum absolute atomic E-state index is 12.2. The first-order chi connectivity index (χ1) is 11.3. The van der Waals surface area contributed by atoms with Gasteiger partial charge in [-0.1, -0.05) is 69.6 Å². The summed E-state index contributed by atoms with van der Waals surface area (Å²) in [6, 6.07) is -0.915.